The third-order valence-corrected chi connectivity index (χ3v) is 4.78. The molecule has 5 nitrogen and oxygen atoms in total. The lowest BCUT2D eigenvalue weighted by molar-refractivity contribution is 0.102. The van der Waals surface area contributed by atoms with E-state index in [9.17, 15) is 4.79 Å². The monoisotopic (exact) mass is 326 g/mol. The molecule has 2 heterocycles. The highest BCUT2D eigenvalue weighted by atomic mass is 16.2. The molecule has 0 radical (unpaired) electrons. The molecule has 1 aliphatic rings. The van der Waals surface area contributed by atoms with Gasteiger partial charge in [0.05, 0.1) is 12.2 Å². The van der Waals surface area contributed by atoms with Gasteiger partial charge in [-0.2, -0.15) is 5.10 Å². The molecule has 128 valence electrons. The van der Waals surface area contributed by atoms with Crippen molar-refractivity contribution in [2.24, 2.45) is 5.92 Å². The Morgan fingerprint density at radius 3 is 2.79 bits per heavy atom. The number of rotatable bonds is 7. The molecule has 0 saturated heterocycles. The number of nitrogens with zero attached hydrogens (tertiary/aromatic N) is 3. The molecule has 0 bridgehead atoms. The number of pyridine rings is 1. The quantitative estimate of drug-likeness (QED) is 0.831. The third-order valence-electron chi connectivity index (χ3n) is 4.78. The first kappa shape index (κ1) is 16.7. The summed E-state index contributed by atoms with van der Waals surface area (Å²) < 4.78 is 1.94. The van der Waals surface area contributed by atoms with Gasteiger partial charge < -0.3 is 5.32 Å². The van der Waals surface area contributed by atoms with Crippen LogP contribution in [-0.2, 0) is 6.42 Å². The summed E-state index contributed by atoms with van der Waals surface area (Å²) in [4.78, 5) is 16.9. The maximum absolute atomic E-state index is 12.5. The topological polar surface area (TPSA) is 59.8 Å². The van der Waals surface area contributed by atoms with Crippen molar-refractivity contribution in [2.75, 3.05) is 5.32 Å². The maximum Gasteiger partial charge on any atom is 0.275 e. The molecule has 0 aromatic carbocycles. The van der Waals surface area contributed by atoms with Crippen molar-refractivity contribution in [1.82, 2.24) is 14.8 Å². The minimum absolute atomic E-state index is 0.176. The predicted octanol–water partition coefficient (Wildman–Crippen LogP) is 4.15. The number of anilines is 1. The first-order valence-electron chi connectivity index (χ1n) is 8.90. The van der Waals surface area contributed by atoms with Crippen molar-refractivity contribution in [2.45, 2.75) is 58.9 Å². The van der Waals surface area contributed by atoms with Crippen molar-refractivity contribution in [3.05, 3.63) is 41.3 Å². The van der Waals surface area contributed by atoms with Gasteiger partial charge >= 0.3 is 0 Å². The molecule has 0 unspecified atom stereocenters. The van der Waals surface area contributed by atoms with Crippen LogP contribution in [-0.4, -0.2) is 20.7 Å². The van der Waals surface area contributed by atoms with E-state index < -0.39 is 0 Å². The van der Waals surface area contributed by atoms with Gasteiger partial charge in [-0.1, -0.05) is 19.4 Å². The van der Waals surface area contributed by atoms with Crippen molar-refractivity contribution < 1.29 is 4.79 Å². The summed E-state index contributed by atoms with van der Waals surface area (Å²) in [6, 6.07) is 4.12. The first-order valence-corrected chi connectivity index (χ1v) is 8.90. The predicted molar refractivity (Wildman–Crippen MR) is 95.2 cm³/mol. The van der Waals surface area contributed by atoms with E-state index in [1.807, 2.05) is 30.1 Å². The molecule has 1 atom stereocenters. The van der Waals surface area contributed by atoms with Gasteiger partial charge in [0.2, 0.25) is 0 Å². The molecule has 1 aliphatic carbocycles. The fraction of sp³-hybridized carbons (Fsp3) is 0.526. The van der Waals surface area contributed by atoms with Crippen molar-refractivity contribution >= 4 is 11.7 Å². The summed E-state index contributed by atoms with van der Waals surface area (Å²) in [6.07, 6.45) is 9.42. The van der Waals surface area contributed by atoms with Crippen molar-refractivity contribution in [3.8, 4) is 0 Å². The zero-order chi connectivity index (χ0) is 17.1. The number of nitrogens with one attached hydrogen (secondary N) is 1. The van der Waals surface area contributed by atoms with Crippen LogP contribution in [0, 0.1) is 12.8 Å². The van der Waals surface area contributed by atoms with Crippen LogP contribution in [0.2, 0.25) is 0 Å². The zero-order valence-corrected chi connectivity index (χ0v) is 14.7. The molecule has 1 N–H and O–H groups in total. The van der Waals surface area contributed by atoms with Gasteiger partial charge in [-0.3, -0.25) is 9.78 Å². The van der Waals surface area contributed by atoms with Crippen LogP contribution in [0.3, 0.4) is 0 Å². The summed E-state index contributed by atoms with van der Waals surface area (Å²) in [5.41, 5.74) is 2.61. The minimum Gasteiger partial charge on any atom is -0.305 e. The summed E-state index contributed by atoms with van der Waals surface area (Å²) in [5, 5.41) is 7.45. The fourth-order valence-electron chi connectivity index (χ4n) is 2.95. The molecule has 0 spiro atoms. The van der Waals surface area contributed by atoms with Gasteiger partial charge in [-0.25, -0.2) is 4.68 Å². The Bertz CT molecular complexity index is 701. The second kappa shape index (κ2) is 7.16. The highest BCUT2D eigenvalue weighted by Crippen LogP contribution is 2.40. The second-order valence-electron chi connectivity index (χ2n) is 6.81. The number of aryl methyl sites for hydroxylation is 2. The van der Waals surface area contributed by atoms with Crippen LogP contribution in [0.5, 0.6) is 0 Å². The van der Waals surface area contributed by atoms with Gasteiger partial charge in [-0.05, 0) is 57.1 Å². The zero-order valence-electron chi connectivity index (χ0n) is 14.7. The van der Waals surface area contributed by atoms with Gasteiger partial charge in [0.25, 0.3) is 5.91 Å². The molecule has 2 aromatic rings. The lowest BCUT2D eigenvalue weighted by Gasteiger charge is -2.16. The van der Waals surface area contributed by atoms with Crippen LogP contribution >= 0.6 is 0 Å². The Hall–Kier alpha value is -2.17. The van der Waals surface area contributed by atoms with Gasteiger partial charge in [0, 0.05) is 11.8 Å². The molecule has 2 aromatic heterocycles. The van der Waals surface area contributed by atoms with E-state index in [2.05, 4.69) is 29.2 Å². The van der Waals surface area contributed by atoms with Gasteiger partial charge in [-0.15, -0.1) is 0 Å². The second-order valence-corrected chi connectivity index (χ2v) is 6.81. The number of hydrogen-bond donors (Lipinski definition) is 1. The summed E-state index contributed by atoms with van der Waals surface area (Å²) >= 11 is 0. The lowest BCUT2D eigenvalue weighted by atomic mass is 10.1. The molecule has 1 fully saturated rings. The normalized spacial score (nSPS) is 15.3. The summed E-state index contributed by atoms with van der Waals surface area (Å²) in [7, 11) is 0. The SMILES string of the molecule is CCCCc1ccc(C(=O)Nc2c(C)cnn2[C@H](C)C2CC2)nc1. The highest BCUT2D eigenvalue weighted by Gasteiger charge is 2.31. The Kier molecular flexibility index (Phi) is 4.97. The van der Waals surface area contributed by atoms with Crippen LogP contribution in [0.4, 0.5) is 5.82 Å². The number of hydrogen-bond acceptors (Lipinski definition) is 3. The minimum atomic E-state index is -0.176. The molecule has 1 amide bonds. The highest BCUT2D eigenvalue weighted by molar-refractivity contribution is 6.02. The summed E-state index contributed by atoms with van der Waals surface area (Å²) in [6.45, 7) is 6.31. The van der Waals surface area contributed by atoms with Crippen molar-refractivity contribution in [3.63, 3.8) is 0 Å². The standard InChI is InChI=1S/C19H26N4O/c1-4-5-6-15-7-10-17(20-12-15)19(24)22-18-13(2)11-21-23(18)14(3)16-8-9-16/h7,10-12,14,16H,4-6,8-9H2,1-3H3,(H,22,24)/t14-/m1/s1. The number of amides is 1. The van der Waals surface area contributed by atoms with Crippen LogP contribution in [0.15, 0.2) is 24.5 Å². The van der Waals surface area contributed by atoms with E-state index in [-0.39, 0.29) is 5.91 Å². The molecular weight excluding hydrogens is 300 g/mol. The van der Waals surface area contributed by atoms with E-state index in [4.69, 9.17) is 0 Å². The average Bonchev–Trinajstić information content (AvgIpc) is 3.38. The number of carbonyl (C=O) groups excluding carboxylic acids is 1. The summed E-state index contributed by atoms with van der Waals surface area (Å²) in [5.74, 6) is 1.29. The Morgan fingerprint density at radius 1 is 1.38 bits per heavy atom. The van der Waals surface area contributed by atoms with E-state index in [0.717, 1.165) is 30.6 Å². The van der Waals surface area contributed by atoms with Crippen LogP contribution in [0.1, 0.15) is 67.2 Å². The van der Waals surface area contributed by atoms with Gasteiger partial charge in [0.15, 0.2) is 0 Å². The number of carbonyl (C=O) groups is 1. The first-order chi connectivity index (χ1) is 11.6. The average molecular weight is 326 g/mol. The molecule has 3 rings (SSSR count). The fourth-order valence-corrected chi connectivity index (χ4v) is 2.95. The lowest BCUT2D eigenvalue weighted by Crippen LogP contribution is -2.20. The van der Waals surface area contributed by atoms with Crippen LogP contribution in [0.25, 0.3) is 0 Å². The van der Waals surface area contributed by atoms with Crippen molar-refractivity contribution in [1.29, 1.82) is 0 Å². The number of unbranched alkanes of at least 4 members (excludes halogenated alkanes) is 1. The maximum atomic E-state index is 12.5. The van der Waals surface area contributed by atoms with Crippen LogP contribution < -0.4 is 5.32 Å². The van der Waals surface area contributed by atoms with E-state index in [1.165, 1.54) is 18.4 Å². The largest absolute Gasteiger partial charge is 0.305 e. The molecular formula is C19H26N4O. The Morgan fingerprint density at radius 2 is 2.17 bits per heavy atom. The van der Waals surface area contributed by atoms with E-state index >= 15 is 0 Å². The van der Waals surface area contributed by atoms with Gasteiger partial charge in [0.1, 0.15) is 11.5 Å². The smallest absolute Gasteiger partial charge is 0.275 e. The van der Waals surface area contributed by atoms with E-state index in [0.29, 0.717) is 17.7 Å². The molecule has 24 heavy (non-hydrogen) atoms. The third kappa shape index (κ3) is 3.66. The molecule has 1 saturated carbocycles. The molecule has 0 aliphatic heterocycles. The number of aromatic nitrogens is 3. The molecule has 5 heteroatoms. The van der Waals surface area contributed by atoms with E-state index in [1.54, 1.807) is 6.07 Å². The Labute approximate surface area is 143 Å². The Balaban J connectivity index is 1.71.